The van der Waals surface area contributed by atoms with Gasteiger partial charge in [-0.25, -0.2) is 0 Å². The van der Waals surface area contributed by atoms with E-state index >= 15 is 0 Å². The van der Waals surface area contributed by atoms with Crippen molar-refractivity contribution in [2.24, 2.45) is 5.92 Å². The Bertz CT molecular complexity index is 501. The smallest absolute Gasteiger partial charge is 0.306 e. The van der Waals surface area contributed by atoms with E-state index in [0.717, 1.165) is 24.3 Å². The highest BCUT2D eigenvalue weighted by atomic mass is 16.5. The lowest BCUT2D eigenvalue weighted by atomic mass is 9.88. The minimum atomic E-state index is -0.764. The third-order valence-electron chi connectivity index (χ3n) is 3.82. The number of methoxy groups -OCH3 is 2. The largest absolute Gasteiger partial charge is 0.493 e. The van der Waals surface area contributed by atoms with E-state index in [9.17, 15) is 4.79 Å². The Hall–Kier alpha value is -1.75. The third-order valence-corrected chi connectivity index (χ3v) is 3.82. The van der Waals surface area contributed by atoms with Gasteiger partial charge in [0.15, 0.2) is 11.5 Å². The molecule has 110 valence electrons. The molecule has 5 nitrogen and oxygen atoms in total. The number of fused-ring (bicyclic) bond motifs is 1. The Balaban J connectivity index is 2.32. The lowest BCUT2D eigenvalue weighted by Gasteiger charge is -2.29. The van der Waals surface area contributed by atoms with Gasteiger partial charge in [-0.05, 0) is 42.6 Å². The maximum absolute atomic E-state index is 11.0. The number of carbonyl (C=O) groups is 1. The van der Waals surface area contributed by atoms with E-state index in [-0.39, 0.29) is 12.0 Å². The van der Waals surface area contributed by atoms with Gasteiger partial charge in [0.2, 0.25) is 0 Å². The second-order valence-corrected chi connectivity index (χ2v) is 5.14. The van der Waals surface area contributed by atoms with Gasteiger partial charge in [0.1, 0.15) is 0 Å². The lowest BCUT2D eigenvalue weighted by Crippen LogP contribution is -2.32. The van der Waals surface area contributed by atoms with Crippen LogP contribution in [0.1, 0.15) is 30.5 Å². The van der Waals surface area contributed by atoms with Crippen LogP contribution in [0, 0.1) is 5.92 Å². The van der Waals surface area contributed by atoms with Gasteiger partial charge in [-0.15, -0.1) is 0 Å². The van der Waals surface area contributed by atoms with Crippen LogP contribution in [-0.4, -0.2) is 31.8 Å². The first-order chi connectivity index (χ1) is 9.56. The summed E-state index contributed by atoms with van der Waals surface area (Å²) in [4.78, 5) is 11.0. The zero-order valence-corrected chi connectivity index (χ0v) is 12.1. The summed E-state index contributed by atoms with van der Waals surface area (Å²) in [6.45, 7) is 2.58. The molecule has 0 bridgehead atoms. The minimum Gasteiger partial charge on any atom is -0.493 e. The van der Waals surface area contributed by atoms with Crippen molar-refractivity contribution in [3.8, 4) is 11.5 Å². The molecule has 0 spiro atoms. The van der Waals surface area contributed by atoms with Crippen LogP contribution in [0.25, 0.3) is 0 Å². The second-order valence-electron chi connectivity index (χ2n) is 5.14. The number of hydrogen-bond acceptors (Lipinski definition) is 4. The zero-order valence-electron chi connectivity index (χ0n) is 12.1. The Kier molecular flexibility index (Phi) is 4.49. The summed E-state index contributed by atoms with van der Waals surface area (Å²) in [5.41, 5.74) is 2.31. The number of rotatable bonds is 5. The van der Waals surface area contributed by atoms with Crippen LogP contribution < -0.4 is 14.8 Å². The van der Waals surface area contributed by atoms with E-state index in [2.05, 4.69) is 5.32 Å². The topological polar surface area (TPSA) is 67.8 Å². The lowest BCUT2D eigenvalue weighted by molar-refractivity contribution is -0.141. The summed E-state index contributed by atoms with van der Waals surface area (Å²) in [7, 11) is 3.23. The summed E-state index contributed by atoms with van der Waals surface area (Å²) in [6.07, 6.45) is 1.48. The average molecular weight is 279 g/mol. The average Bonchev–Trinajstić information content (AvgIpc) is 2.45. The molecule has 5 heteroatoms. The van der Waals surface area contributed by atoms with Crippen molar-refractivity contribution in [3.63, 3.8) is 0 Å². The van der Waals surface area contributed by atoms with Crippen LogP contribution in [0.3, 0.4) is 0 Å². The van der Waals surface area contributed by atoms with E-state index in [1.807, 2.05) is 12.1 Å². The Morgan fingerprint density at radius 1 is 1.40 bits per heavy atom. The number of ether oxygens (including phenoxy) is 2. The molecule has 2 atom stereocenters. The van der Waals surface area contributed by atoms with Crippen LogP contribution in [0.5, 0.6) is 11.5 Å². The zero-order chi connectivity index (χ0) is 14.7. The van der Waals surface area contributed by atoms with E-state index in [1.165, 1.54) is 5.56 Å². The molecule has 1 heterocycles. The number of benzene rings is 1. The van der Waals surface area contributed by atoms with E-state index < -0.39 is 5.97 Å². The standard InChI is InChI=1S/C15H21NO4/c1-9(15(17)18)6-12-11-8-14(20-3)13(19-2)7-10(11)4-5-16-12/h7-9,12,16H,4-6H2,1-3H3,(H,17,18). The van der Waals surface area contributed by atoms with Gasteiger partial charge in [0, 0.05) is 6.04 Å². The molecule has 20 heavy (non-hydrogen) atoms. The minimum absolute atomic E-state index is 0.0460. The quantitative estimate of drug-likeness (QED) is 0.863. The molecule has 0 aliphatic carbocycles. The third kappa shape index (κ3) is 2.88. The molecule has 2 rings (SSSR count). The molecule has 1 aliphatic heterocycles. The van der Waals surface area contributed by atoms with Crippen molar-refractivity contribution in [1.29, 1.82) is 0 Å². The molecule has 2 unspecified atom stereocenters. The first-order valence-electron chi connectivity index (χ1n) is 6.77. The second kappa shape index (κ2) is 6.13. The molecule has 0 amide bonds. The fourth-order valence-electron chi connectivity index (χ4n) is 2.63. The molecule has 0 saturated carbocycles. The van der Waals surface area contributed by atoms with Crippen molar-refractivity contribution in [1.82, 2.24) is 5.32 Å². The Labute approximate surface area is 118 Å². The van der Waals surface area contributed by atoms with Crippen molar-refractivity contribution < 1.29 is 19.4 Å². The number of carboxylic acids is 1. The Morgan fingerprint density at radius 3 is 2.65 bits per heavy atom. The summed E-state index contributed by atoms with van der Waals surface area (Å²) in [6, 6.07) is 4.00. The maximum Gasteiger partial charge on any atom is 0.306 e. The predicted octanol–water partition coefficient (Wildman–Crippen LogP) is 2.00. The summed E-state index contributed by atoms with van der Waals surface area (Å²) < 4.78 is 10.7. The maximum atomic E-state index is 11.0. The van der Waals surface area contributed by atoms with Gasteiger partial charge >= 0.3 is 5.97 Å². The first kappa shape index (κ1) is 14.7. The summed E-state index contributed by atoms with van der Waals surface area (Å²) >= 11 is 0. The number of hydrogen-bond donors (Lipinski definition) is 2. The van der Waals surface area contributed by atoms with Crippen LogP contribution in [-0.2, 0) is 11.2 Å². The highest BCUT2D eigenvalue weighted by Crippen LogP contribution is 2.36. The SMILES string of the molecule is COc1cc2c(cc1OC)C(CC(C)C(=O)O)NCC2. The first-order valence-corrected chi connectivity index (χ1v) is 6.77. The van der Waals surface area contributed by atoms with Crippen LogP contribution >= 0.6 is 0 Å². The van der Waals surface area contributed by atoms with Gasteiger partial charge in [-0.2, -0.15) is 0 Å². The normalized spacial score (nSPS) is 19.1. The number of nitrogens with one attached hydrogen (secondary N) is 1. The van der Waals surface area contributed by atoms with E-state index in [0.29, 0.717) is 12.2 Å². The van der Waals surface area contributed by atoms with E-state index in [1.54, 1.807) is 21.1 Å². The fourth-order valence-corrected chi connectivity index (χ4v) is 2.63. The van der Waals surface area contributed by atoms with E-state index in [4.69, 9.17) is 14.6 Å². The molecular weight excluding hydrogens is 258 g/mol. The molecule has 1 aromatic carbocycles. The highest BCUT2D eigenvalue weighted by Gasteiger charge is 2.26. The number of carboxylic acid groups (broad SMARTS) is 1. The molecule has 0 fully saturated rings. The highest BCUT2D eigenvalue weighted by molar-refractivity contribution is 5.69. The summed E-state index contributed by atoms with van der Waals surface area (Å²) in [5, 5.41) is 12.5. The monoisotopic (exact) mass is 279 g/mol. The van der Waals surface area contributed by atoms with Gasteiger partial charge in [-0.1, -0.05) is 6.92 Å². The van der Waals surface area contributed by atoms with Crippen molar-refractivity contribution in [2.45, 2.75) is 25.8 Å². The van der Waals surface area contributed by atoms with Crippen molar-refractivity contribution in [2.75, 3.05) is 20.8 Å². The van der Waals surface area contributed by atoms with Crippen molar-refractivity contribution in [3.05, 3.63) is 23.3 Å². The molecule has 2 N–H and O–H groups in total. The van der Waals surface area contributed by atoms with Gasteiger partial charge < -0.3 is 19.9 Å². The molecule has 0 radical (unpaired) electrons. The Morgan fingerprint density at radius 2 is 2.05 bits per heavy atom. The summed E-state index contributed by atoms with van der Waals surface area (Å²) in [5.74, 6) is 0.257. The van der Waals surface area contributed by atoms with Crippen LogP contribution in [0.2, 0.25) is 0 Å². The van der Waals surface area contributed by atoms with Gasteiger partial charge in [0.25, 0.3) is 0 Å². The fraction of sp³-hybridized carbons (Fsp3) is 0.533. The molecular formula is C15H21NO4. The van der Waals surface area contributed by atoms with Crippen LogP contribution in [0.4, 0.5) is 0 Å². The molecule has 1 aliphatic rings. The number of aliphatic carboxylic acids is 1. The van der Waals surface area contributed by atoms with Gasteiger partial charge in [0.05, 0.1) is 20.1 Å². The molecule has 0 saturated heterocycles. The van der Waals surface area contributed by atoms with Gasteiger partial charge in [-0.3, -0.25) is 4.79 Å². The molecule has 0 aromatic heterocycles. The predicted molar refractivity (Wildman–Crippen MR) is 75.4 cm³/mol. The van der Waals surface area contributed by atoms with Crippen LogP contribution in [0.15, 0.2) is 12.1 Å². The molecule has 1 aromatic rings. The van der Waals surface area contributed by atoms with Crippen molar-refractivity contribution >= 4 is 5.97 Å².